The lowest BCUT2D eigenvalue weighted by Gasteiger charge is -2.33. The average Bonchev–Trinajstić information content (AvgIpc) is 3.31. The number of hydrogen-bond donors (Lipinski definition) is 6. The molecule has 3 rings (SSSR count). The fourth-order valence-electron chi connectivity index (χ4n) is 7.23. The number of anilines is 1. The lowest BCUT2D eigenvalue weighted by atomic mass is 9.95. The summed E-state index contributed by atoms with van der Waals surface area (Å²) in [6, 6.07) is 14.8. The maximum atomic E-state index is 13.6. The number of carbonyl (C=O) groups excluding carboxylic acids is 5. The third-order valence-corrected chi connectivity index (χ3v) is 11.3. The van der Waals surface area contributed by atoms with Crippen LogP contribution in [0.3, 0.4) is 0 Å². The number of carbonyl (C=O) groups is 5. The van der Waals surface area contributed by atoms with Crippen LogP contribution in [0.25, 0.3) is 11.4 Å². The molecule has 0 spiro atoms. The van der Waals surface area contributed by atoms with Gasteiger partial charge in [-0.2, -0.15) is 0 Å². The monoisotopic (exact) mass is 983 g/mol. The number of fused-ring (bicyclic) bond motifs is 2. The van der Waals surface area contributed by atoms with Crippen LogP contribution in [0, 0.1) is 11.8 Å². The highest BCUT2D eigenvalue weighted by atomic mass is 16.5. The first-order valence-electron chi connectivity index (χ1n) is 24.8. The Morgan fingerprint density at radius 2 is 1.19 bits per heavy atom. The van der Waals surface area contributed by atoms with Crippen molar-refractivity contribution < 1.29 is 52.4 Å². The molecule has 0 saturated carbocycles. The molecule has 2 aromatic rings. The topological polar surface area (TPSA) is 247 Å². The van der Waals surface area contributed by atoms with E-state index in [1.807, 2.05) is 74.2 Å². The molecule has 2 aromatic carbocycles. The molecular formula is C51H82N8O11. The molecule has 0 saturated heterocycles. The SMILES string of the molecule is CC(=O)NC(CCCCN(N)/C1=C(\N)c2ccccc2CN(C(=O)CC(C)C)c2ccccc21)C(=O)NCCOCCOCCOCCC(=O)NCCOCCOCCOCCC(=O)NC(C)C(C)C. The highest BCUT2D eigenvalue weighted by Crippen LogP contribution is 2.37. The lowest BCUT2D eigenvalue weighted by Crippen LogP contribution is -2.46. The average molecular weight is 983 g/mol. The molecule has 0 bridgehead atoms. The van der Waals surface area contributed by atoms with Crippen LogP contribution in [-0.4, -0.2) is 146 Å². The first-order valence-corrected chi connectivity index (χ1v) is 24.8. The second-order valence-corrected chi connectivity index (χ2v) is 17.9. The number of benzene rings is 2. The fourth-order valence-corrected chi connectivity index (χ4v) is 7.23. The van der Waals surface area contributed by atoms with Gasteiger partial charge in [-0.05, 0) is 49.7 Å². The summed E-state index contributed by atoms with van der Waals surface area (Å²) < 4.78 is 33.0. The van der Waals surface area contributed by atoms with Crippen molar-refractivity contribution in [2.24, 2.45) is 23.4 Å². The second-order valence-electron chi connectivity index (χ2n) is 17.9. The van der Waals surface area contributed by atoms with E-state index >= 15 is 0 Å². The number of nitrogens with one attached hydrogen (secondary N) is 4. The first kappa shape index (κ1) is 59.2. The van der Waals surface area contributed by atoms with Crippen LogP contribution in [0.2, 0.25) is 0 Å². The maximum Gasteiger partial charge on any atom is 0.242 e. The van der Waals surface area contributed by atoms with Crippen molar-refractivity contribution >= 4 is 46.6 Å². The first-order chi connectivity index (χ1) is 33.7. The fraction of sp³-hybridized carbons (Fsp3) is 0.627. The molecule has 0 aliphatic carbocycles. The van der Waals surface area contributed by atoms with Gasteiger partial charge in [0.1, 0.15) is 6.04 Å². The van der Waals surface area contributed by atoms with Crippen molar-refractivity contribution in [3.05, 3.63) is 65.2 Å². The largest absolute Gasteiger partial charge is 0.396 e. The minimum absolute atomic E-state index is 0.0175. The van der Waals surface area contributed by atoms with Crippen LogP contribution in [0.4, 0.5) is 5.69 Å². The summed E-state index contributed by atoms with van der Waals surface area (Å²) in [4.78, 5) is 64.5. The van der Waals surface area contributed by atoms with Crippen LogP contribution in [0.15, 0.2) is 48.5 Å². The number of rotatable bonds is 36. The van der Waals surface area contributed by atoms with Crippen LogP contribution in [-0.2, 0) is 58.9 Å². The summed E-state index contributed by atoms with van der Waals surface area (Å²) in [6.45, 7) is 17.1. The van der Waals surface area contributed by atoms with Crippen molar-refractivity contribution in [2.75, 3.05) is 104 Å². The van der Waals surface area contributed by atoms with Gasteiger partial charge in [0.05, 0.1) is 103 Å². The number of unbranched alkanes of at least 4 members (excludes halogenated alkanes) is 1. The maximum absolute atomic E-state index is 13.6. The summed E-state index contributed by atoms with van der Waals surface area (Å²) in [6.07, 6.45) is 2.49. The van der Waals surface area contributed by atoms with Gasteiger partial charge in [0, 0.05) is 63.0 Å². The molecule has 19 heteroatoms. The van der Waals surface area contributed by atoms with Crippen LogP contribution in [0.5, 0.6) is 0 Å². The molecule has 2 unspecified atom stereocenters. The number of hydrogen-bond acceptors (Lipinski definition) is 14. The van der Waals surface area contributed by atoms with E-state index in [1.165, 1.54) is 6.92 Å². The van der Waals surface area contributed by atoms with Gasteiger partial charge < -0.3 is 65.3 Å². The zero-order valence-corrected chi connectivity index (χ0v) is 42.5. The quantitative estimate of drug-likeness (QED) is 0.0325. The summed E-state index contributed by atoms with van der Waals surface area (Å²) >= 11 is 0. The van der Waals surface area contributed by atoms with Crippen molar-refractivity contribution in [2.45, 2.75) is 98.7 Å². The van der Waals surface area contributed by atoms with Crippen LogP contribution < -0.4 is 37.7 Å². The minimum Gasteiger partial charge on any atom is -0.396 e. The normalized spacial score (nSPS) is 14.3. The van der Waals surface area contributed by atoms with Gasteiger partial charge in [-0.25, -0.2) is 5.84 Å². The van der Waals surface area contributed by atoms with Crippen LogP contribution in [0.1, 0.15) is 96.8 Å². The predicted molar refractivity (Wildman–Crippen MR) is 269 cm³/mol. The van der Waals surface area contributed by atoms with Crippen molar-refractivity contribution in [3.63, 3.8) is 0 Å². The summed E-state index contributed by atoms with van der Waals surface area (Å²) in [5.41, 5.74) is 11.3. The molecule has 392 valence electrons. The highest BCUT2D eigenvalue weighted by Gasteiger charge is 2.28. The number of amides is 5. The molecule has 0 fully saturated rings. The highest BCUT2D eigenvalue weighted by molar-refractivity contribution is 6.01. The number of para-hydroxylation sites is 1. The molecule has 0 radical (unpaired) electrons. The molecule has 1 aliphatic heterocycles. The molecule has 1 aliphatic rings. The number of hydrazine groups is 1. The molecule has 19 nitrogen and oxygen atoms in total. The molecule has 70 heavy (non-hydrogen) atoms. The van der Waals surface area contributed by atoms with Crippen molar-refractivity contribution in [1.29, 1.82) is 0 Å². The summed E-state index contributed by atoms with van der Waals surface area (Å²) in [5.74, 6) is 6.59. The standard InChI is InChI=1S/C51H82N8O11/c1-37(2)35-48(63)58-36-41-13-7-8-14-42(41)49(52)50(43-15-9-10-17-45(43)58)59(53)22-12-11-16-44(57-40(6)60)51(64)55-21-26-68-30-34-69-31-27-65-23-18-46(61)54-20-25-67-29-33-70-32-28-66-24-19-47(62)56-39(5)38(3)4/h7-10,13-15,17,37-39,44H,11-12,16,18-36,52-53H2,1-6H3,(H,54,61)(H,55,64)(H,56,62)(H,57,60)/b50-49-. The minimum atomic E-state index is -0.739. The van der Waals surface area contributed by atoms with Gasteiger partial charge in [0.25, 0.3) is 0 Å². The molecule has 5 amide bonds. The van der Waals surface area contributed by atoms with E-state index in [2.05, 4.69) is 35.1 Å². The zero-order chi connectivity index (χ0) is 51.1. The molecule has 2 atom stereocenters. The molecular weight excluding hydrogens is 901 g/mol. The Hall–Kier alpha value is -5.15. The Balaban J connectivity index is 1.23. The van der Waals surface area contributed by atoms with Gasteiger partial charge in [-0.15, -0.1) is 0 Å². The van der Waals surface area contributed by atoms with Crippen LogP contribution >= 0.6 is 0 Å². The predicted octanol–water partition coefficient (Wildman–Crippen LogP) is 3.49. The van der Waals surface area contributed by atoms with Gasteiger partial charge in [0.15, 0.2) is 0 Å². The number of ether oxygens (including phenoxy) is 6. The van der Waals surface area contributed by atoms with E-state index in [1.54, 1.807) is 5.01 Å². The van der Waals surface area contributed by atoms with E-state index in [9.17, 15) is 24.0 Å². The molecule has 8 N–H and O–H groups in total. The van der Waals surface area contributed by atoms with E-state index in [4.69, 9.17) is 40.0 Å². The van der Waals surface area contributed by atoms with E-state index in [0.717, 1.165) is 22.4 Å². The van der Waals surface area contributed by atoms with Gasteiger partial charge in [0.2, 0.25) is 29.5 Å². The lowest BCUT2D eigenvalue weighted by molar-refractivity contribution is -0.128. The van der Waals surface area contributed by atoms with Crippen molar-refractivity contribution in [3.8, 4) is 0 Å². The van der Waals surface area contributed by atoms with Gasteiger partial charge in [-0.1, -0.05) is 70.2 Å². The third kappa shape index (κ3) is 23.2. The molecule has 0 aromatic heterocycles. The summed E-state index contributed by atoms with van der Waals surface area (Å²) in [7, 11) is 0. The number of nitrogens with zero attached hydrogens (tertiary/aromatic N) is 2. The van der Waals surface area contributed by atoms with Crippen molar-refractivity contribution in [1.82, 2.24) is 26.3 Å². The molecule has 1 heterocycles. The summed E-state index contributed by atoms with van der Waals surface area (Å²) in [5, 5.41) is 12.9. The Labute approximate surface area is 415 Å². The Bertz CT molecular complexity index is 1920. The zero-order valence-electron chi connectivity index (χ0n) is 42.5. The Morgan fingerprint density at radius 3 is 1.77 bits per heavy atom. The van der Waals surface area contributed by atoms with E-state index in [0.29, 0.717) is 135 Å². The third-order valence-electron chi connectivity index (χ3n) is 11.3. The Morgan fingerprint density at radius 1 is 0.657 bits per heavy atom. The van der Waals surface area contributed by atoms with E-state index in [-0.39, 0.29) is 67.7 Å². The number of nitrogens with two attached hydrogens (primary N) is 2. The Kier molecular flexibility index (Phi) is 28.9. The second kappa shape index (κ2) is 34.2. The van der Waals surface area contributed by atoms with Gasteiger partial charge in [-0.3, -0.25) is 24.0 Å². The van der Waals surface area contributed by atoms with Gasteiger partial charge >= 0.3 is 0 Å². The smallest absolute Gasteiger partial charge is 0.242 e. The van der Waals surface area contributed by atoms with E-state index < -0.39 is 6.04 Å².